The molecular formula is C11H18N4. The molecule has 1 atom stereocenters. The summed E-state index contributed by atoms with van der Waals surface area (Å²) >= 11 is 0. The van der Waals surface area contributed by atoms with Crippen molar-refractivity contribution < 1.29 is 0 Å². The molecule has 1 rings (SSSR count). The first-order valence-electron chi connectivity index (χ1n) is 5.12. The Balaban J connectivity index is 2.66. The number of nitrogens with one attached hydrogen (secondary N) is 2. The Labute approximate surface area is 90.6 Å². The van der Waals surface area contributed by atoms with Gasteiger partial charge in [0.25, 0.3) is 0 Å². The number of benzene rings is 1. The monoisotopic (exact) mass is 206 g/mol. The fourth-order valence-electron chi connectivity index (χ4n) is 1.08. The maximum absolute atomic E-state index is 5.38. The second kappa shape index (κ2) is 6.03. The summed E-state index contributed by atoms with van der Waals surface area (Å²) in [6.07, 6.45) is 0.988. The molecule has 4 nitrogen and oxygen atoms in total. The maximum atomic E-state index is 5.38. The lowest BCUT2D eigenvalue weighted by atomic mass is 10.3. The molecule has 0 aliphatic carbocycles. The van der Waals surface area contributed by atoms with Crippen LogP contribution in [-0.2, 0) is 0 Å². The van der Waals surface area contributed by atoms with Gasteiger partial charge in [-0.2, -0.15) is 0 Å². The van der Waals surface area contributed by atoms with Gasteiger partial charge >= 0.3 is 0 Å². The van der Waals surface area contributed by atoms with Crippen molar-refractivity contribution in [3.05, 3.63) is 30.3 Å². The highest BCUT2D eigenvalue weighted by Crippen LogP contribution is 2.05. The Morgan fingerprint density at radius 3 is 2.60 bits per heavy atom. The van der Waals surface area contributed by atoms with Crippen LogP contribution in [0.2, 0.25) is 0 Å². The molecule has 82 valence electrons. The third kappa shape index (κ3) is 3.99. The van der Waals surface area contributed by atoms with Crippen molar-refractivity contribution in [1.82, 2.24) is 5.43 Å². The van der Waals surface area contributed by atoms with Gasteiger partial charge in [-0.05, 0) is 25.5 Å². The number of aliphatic imine (C=N–C) groups is 1. The third-order valence-electron chi connectivity index (χ3n) is 2.11. The van der Waals surface area contributed by atoms with Crippen LogP contribution in [0.3, 0.4) is 0 Å². The van der Waals surface area contributed by atoms with E-state index in [0.29, 0.717) is 5.96 Å². The topological polar surface area (TPSA) is 62.4 Å². The summed E-state index contributed by atoms with van der Waals surface area (Å²) in [4.78, 5) is 4.38. The summed E-state index contributed by atoms with van der Waals surface area (Å²) in [6.45, 7) is 4.13. The normalized spacial score (nSPS) is 13.4. The van der Waals surface area contributed by atoms with Crippen molar-refractivity contribution in [2.45, 2.75) is 26.3 Å². The van der Waals surface area contributed by atoms with Gasteiger partial charge in [-0.25, -0.2) is 10.8 Å². The van der Waals surface area contributed by atoms with Gasteiger partial charge in [0, 0.05) is 5.69 Å². The summed E-state index contributed by atoms with van der Waals surface area (Å²) in [7, 11) is 0. The van der Waals surface area contributed by atoms with E-state index in [4.69, 9.17) is 5.84 Å². The molecule has 0 saturated carbocycles. The number of nitrogens with two attached hydrogens (primary N) is 1. The zero-order chi connectivity index (χ0) is 11.1. The number of anilines is 1. The van der Waals surface area contributed by atoms with Crippen molar-refractivity contribution in [1.29, 1.82) is 0 Å². The highest BCUT2D eigenvalue weighted by Gasteiger charge is 2.00. The predicted octanol–water partition coefficient (Wildman–Crippen LogP) is 1.72. The maximum Gasteiger partial charge on any atom is 0.210 e. The Morgan fingerprint density at radius 1 is 1.40 bits per heavy atom. The summed E-state index contributed by atoms with van der Waals surface area (Å²) in [5.41, 5.74) is 3.52. The van der Waals surface area contributed by atoms with Crippen LogP contribution in [0.1, 0.15) is 20.3 Å². The minimum atomic E-state index is 0.257. The lowest BCUT2D eigenvalue weighted by molar-refractivity contribution is 0.710. The first-order valence-corrected chi connectivity index (χ1v) is 5.12. The molecular weight excluding hydrogens is 188 g/mol. The van der Waals surface area contributed by atoms with Crippen molar-refractivity contribution >= 4 is 11.6 Å². The Hall–Kier alpha value is -1.55. The quantitative estimate of drug-likeness (QED) is 0.305. The average molecular weight is 206 g/mol. The third-order valence-corrected chi connectivity index (χ3v) is 2.11. The largest absolute Gasteiger partial charge is 0.325 e. The Kier molecular flexibility index (Phi) is 4.63. The van der Waals surface area contributed by atoms with Crippen molar-refractivity contribution in [2.75, 3.05) is 5.32 Å². The first kappa shape index (κ1) is 11.5. The number of hydrogen-bond acceptors (Lipinski definition) is 2. The van der Waals surface area contributed by atoms with Crippen LogP contribution in [0.4, 0.5) is 5.69 Å². The highest BCUT2D eigenvalue weighted by molar-refractivity contribution is 5.93. The predicted molar refractivity (Wildman–Crippen MR) is 64.6 cm³/mol. The van der Waals surface area contributed by atoms with Crippen LogP contribution >= 0.6 is 0 Å². The first-order chi connectivity index (χ1) is 7.26. The molecule has 0 fully saturated rings. The van der Waals surface area contributed by atoms with Gasteiger partial charge in [0.2, 0.25) is 5.96 Å². The number of rotatable bonds is 3. The van der Waals surface area contributed by atoms with Crippen LogP contribution in [-0.4, -0.2) is 12.0 Å². The van der Waals surface area contributed by atoms with Crippen LogP contribution in [0, 0.1) is 0 Å². The lowest BCUT2D eigenvalue weighted by Gasteiger charge is -2.11. The van der Waals surface area contributed by atoms with Crippen molar-refractivity contribution in [2.24, 2.45) is 10.8 Å². The van der Waals surface area contributed by atoms with Gasteiger partial charge in [-0.15, -0.1) is 0 Å². The molecule has 0 radical (unpaired) electrons. The van der Waals surface area contributed by atoms with Gasteiger partial charge in [0.1, 0.15) is 0 Å². The van der Waals surface area contributed by atoms with E-state index < -0.39 is 0 Å². The molecule has 4 N–H and O–H groups in total. The zero-order valence-corrected chi connectivity index (χ0v) is 9.20. The van der Waals surface area contributed by atoms with Gasteiger partial charge in [-0.3, -0.25) is 5.43 Å². The fraction of sp³-hybridized carbons (Fsp3) is 0.364. The van der Waals surface area contributed by atoms with Gasteiger partial charge in [0.15, 0.2) is 0 Å². The van der Waals surface area contributed by atoms with E-state index in [1.165, 1.54) is 0 Å². The minimum Gasteiger partial charge on any atom is -0.325 e. The molecule has 15 heavy (non-hydrogen) atoms. The van der Waals surface area contributed by atoms with Crippen molar-refractivity contribution in [3.8, 4) is 0 Å². The molecule has 0 aliphatic heterocycles. The SMILES string of the molecule is CCC(C)N=C(NN)Nc1ccccc1. The average Bonchev–Trinajstić information content (AvgIpc) is 2.29. The lowest BCUT2D eigenvalue weighted by Crippen LogP contribution is -2.37. The number of guanidine groups is 1. The molecule has 0 aliphatic rings. The highest BCUT2D eigenvalue weighted by atomic mass is 15.3. The van der Waals surface area contributed by atoms with Gasteiger partial charge in [0.05, 0.1) is 6.04 Å². The van der Waals surface area contributed by atoms with Crippen LogP contribution < -0.4 is 16.6 Å². The Morgan fingerprint density at radius 2 is 2.07 bits per heavy atom. The molecule has 1 aromatic carbocycles. The smallest absolute Gasteiger partial charge is 0.210 e. The second-order valence-electron chi connectivity index (χ2n) is 3.37. The molecule has 0 spiro atoms. The molecule has 0 saturated heterocycles. The summed E-state index contributed by atoms with van der Waals surface area (Å²) in [5.74, 6) is 5.97. The molecule has 0 amide bonds. The zero-order valence-electron chi connectivity index (χ0n) is 9.20. The minimum absolute atomic E-state index is 0.257. The summed E-state index contributed by atoms with van der Waals surface area (Å²) in [6, 6.07) is 10.1. The molecule has 4 heteroatoms. The summed E-state index contributed by atoms with van der Waals surface area (Å²) in [5, 5.41) is 3.11. The number of para-hydroxylation sites is 1. The van der Waals surface area contributed by atoms with Crippen LogP contribution in [0.15, 0.2) is 35.3 Å². The van der Waals surface area contributed by atoms with E-state index in [1.54, 1.807) is 0 Å². The van der Waals surface area contributed by atoms with Gasteiger partial charge in [-0.1, -0.05) is 25.1 Å². The molecule has 0 heterocycles. The van der Waals surface area contributed by atoms with E-state index in [2.05, 4.69) is 22.7 Å². The van der Waals surface area contributed by atoms with E-state index in [1.807, 2.05) is 37.3 Å². The van der Waals surface area contributed by atoms with Crippen LogP contribution in [0.5, 0.6) is 0 Å². The fourth-order valence-corrected chi connectivity index (χ4v) is 1.08. The standard InChI is InChI=1S/C11H18N4/c1-3-9(2)13-11(15-12)14-10-7-5-4-6-8-10/h4-9H,3,12H2,1-2H3,(H2,13,14,15). The van der Waals surface area contributed by atoms with Crippen LogP contribution in [0.25, 0.3) is 0 Å². The van der Waals surface area contributed by atoms with E-state index in [9.17, 15) is 0 Å². The Bertz CT molecular complexity index is 308. The van der Waals surface area contributed by atoms with E-state index in [-0.39, 0.29) is 6.04 Å². The molecule has 0 aromatic heterocycles. The second-order valence-corrected chi connectivity index (χ2v) is 3.37. The van der Waals surface area contributed by atoms with E-state index >= 15 is 0 Å². The molecule has 1 aromatic rings. The summed E-state index contributed by atoms with van der Waals surface area (Å²) < 4.78 is 0. The number of nitrogens with zero attached hydrogens (tertiary/aromatic N) is 1. The van der Waals surface area contributed by atoms with E-state index in [0.717, 1.165) is 12.1 Å². The molecule has 1 unspecified atom stereocenters. The number of hydrazine groups is 1. The number of hydrogen-bond donors (Lipinski definition) is 3. The molecule has 0 bridgehead atoms. The van der Waals surface area contributed by atoms with Crippen molar-refractivity contribution in [3.63, 3.8) is 0 Å². The van der Waals surface area contributed by atoms with Gasteiger partial charge < -0.3 is 5.32 Å².